The Morgan fingerprint density at radius 2 is 1.93 bits per heavy atom. The van der Waals surface area contributed by atoms with Crippen LogP contribution in [-0.2, 0) is 17.6 Å². The third-order valence-corrected chi connectivity index (χ3v) is 4.23. The van der Waals surface area contributed by atoms with Crippen LogP contribution in [0.1, 0.15) is 24.2 Å². The Kier molecular flexibility index (Phi) is 6.51. The van der Waals surface area contributed by atoms with E-state index >= 15 is 0 Å². The summed E-state index contributed by atoms with van der Waals surface area (Å²) in [6, 6.07) is 11.8. The number of nitrogens with two attached hydrogens (primary N) is 1. The maximum atomic E-state index is 11.7. The molecule has 0 aliphatic heterocycles. The lowest BCUT2D eigenvalue weighted by molar-refractivity contribution is -0.117. The molecule has 144 valence electrons. The average Bonchev–Trinajstić information content (AvgIpc) is 3.20. The van der Waals surface area contributed by atoms with Crippen molar-refractivity contribution >= 4 is 17.6 Å². The summed E-state index contributed by atoms with van der Waals surface area (Å²) in [6.45, 7) is 0.691. The summed E-state index contributed by atoms with van der Waals surface area (Å²) in [5, 5.41) is 10.4. The number of benzene rings is 1. The number of nitrogens with zero attached hydrogens (tertiary/aromatic N) is 2. The van der Waals surface area contributed by atoms with Gasteiger partial charge in [0.15, 0.2) is 0 Å². The van der Waals surface area contributed by atoms with E-state index in [2.05, 4.69) is 15.3 Å². The lowest BCUT2D eigenvalue weighted by Crippen LogP contribution is -2.15. The lowest BCUT2D eigenvalue weighted by Gasteiger charge is -2.07. The zero-order valence-electron chi connectivity index (χ0n) is 15.5. The minimum Gasteiger partial charge on any atom is -0.469 e. The Morgan fingerprint density at radius 3 is 2.64 bits per heavy atom. The number of hydrogen-bond acceptors (Lipinski definition) is 6. The van der Waals surface area contributed by atoms with Gasteiger partial charge in [0.25, 0.3) is 0 Å². The van der Waals surface area contributed by atoms with Crippen molar-refractivity contribution in [1.29, 1.82) is 5.41 Å². The van der Waals surface area contributed by atoms with E-state index in [9.17, 15) is 4.79 Å². The minimum atomic E-state index is -0.0891. The van der Waals surface area contributed by atoms with Gasteiger partial charge in [-0.15, -0.1) is 0 Å². The maximum absolute atomic E-state index is 11.7. The van der Waals surface area contributed by atoms with Crippen molar-refractivity contribution < 1.29 is 9.21 Å². The summed E-state index contributed by atoms with van der Waals surface area (Å²) in [5.74, 6) is 1.38. The van der Waals surface area contributed by atoms with Crippen molar-refractivity contribution in [2.45, 2.75) is 25.7 Å². The fraction of sp³-hybridized carbons (Fsp3) is 0.238. The molecule has 0 aliphatic rings. The highest BCUT2D eigenvalue weighted by molar-refractivity contribution is 5.98. The number of aryl methyl sites for hydroxylation is 1. The van der Waals surface area contributed by atoms with Crippen LogP contribution in [-0.4, -0.2) is 28.1 Å². The van der Waals surface area contributed by atoms with Crippen LogP contribution in [0.3, 0.4) is 0 Å². The molecule has 7 heteroatoms. The van der Waals surface area contributed by atoms with Gasteiger partial charge in [-0.05, 0) is 29.7 Å². The van der Waals surface area contributed by atoms with Gasteiger partial charge in [-0.2, -0.15) is 0 Å². The molecule has 4 N–H and O–H groups in total. The topological polar surface area (TPSA) is 118 Å². The van der Waals surface area contributed by atoms with Crippen LogP contribution in [0.25, 0.3) is 11.1 Å². The zero-order chi connectivity index (χ0) is 19.8. The van der Waals surface area contributed by atoms with Crippen LogP contribution in [0.4, 0.5) is 5.95 Å². The minimum absolute atomic E-state index is 0.0158. The van der Waals surface area contributed by atoms with E-state index in [1.54, 1.807) is 18.7 Å². The molecule has 28 heavy (non-hydrogen) atoms. The van der Waals surface area contributed by atoms with E-state index in [0.717, 1.165) is 28.9 Å². The summed E-state index contributed by atoms with van der Waals surface area (Å²) >= 11 is 0. The van der Waals surface area contributed by atoms with Crippen molar-refractivity contribution in [2.24, 2.45) is 5.73 Å². The van der Waals surface area contributed by atoms with Crippen LogP contribution in [0.5, 0.6) is 0 Å². The lowest BCUT2D eigenvalue weighted by atomic mass is 10.0. The third-order valence-electron chi connectivity index (χ3n) is 4.23. The smallest absolute Gasteiger partial charge is 0.222 e. The van der Waals surface area contributed by atoms with Gasteiger partial charge in [-0.25, -0.2) is 9.97 Å². The van der Waals surface area contributed by atoms with E-state index in [1.165, 1.54) is 0 Å². The van der Waals surface area contributed by atoms with Crippen LogP contribution in [0.15, 0.2) is 59.5 Å². The summed E-state index contributed by atoms with van der Waals surface area (Å²) in [6.07, 6.45) is 6.99. The van der Waals surface area contributed by atoms with Crippen LogP contribution in [0, 0.1) is 5.41 Å². The predicted molar refractivity (Wildman–Crippen MR) is 108 cm³/mol. The Hall–Kier alpha value is -3.48. The van der Waals surface area contributed by atoms with E-state index in [-0.39, 0.29) is 18.0 Å². The first-order valence-electron chi connectivity index (χ1n) is 9.12. The summed E-state index contributed by atoms with van der Waals surface area (Å²) in [5.41, 5.74) is 8.23. The molecule has 7 nitrogen and oxygen atoms in total. The fourth-order valence-corrected chi connectivity index (χ4v) is 2.81. The molecular formula is C21H23N5O2. The second-order valence-electron chi connectivity index (χ2n) is 6.49. The van der Waals surface area contributed by atoms with Gasteiger partial charge in [0, 0.05) is 37.3 Å². The second-order valence-corrected chi connectivity index (χ2v) is 6.49. The summed E-state index contributed by atoms with van der Waals surface area (Å²) < 4.78 is 5.29. The number of Topliss-reactive ketones (excluding diaryl/α,β-unsaturated/α-hetero) is 1. The molecule has 0 fully saturated rings. The summed E-state index contributed by atoms with van der Waals surface area (Å²) in [4.78, 5) is 20.5. The number of anilines is 1. The van der Waals surface area contributed by atoms with E-state index in [1.807, 2.05) is 36.4 Å². The number of nitrogens with one attached hydrogen (secondary N) is 2. The molecular weight excluding hydrogens is 354 g/mol. The first-order chi connectivity index (χ1) is 13.6. The van der Waals surface area contributed by atoms with Crippen molar-refractivity contribution in [3.63, 3.8) is 0 Å². The Labute approximate surface area is 163 Å². The van der Waals surface area contributed by atoms with Gasteiger partial charge in [0.05, 0.1) is 18.5 Å². The molecule has 0 bridgehead atoms. The van der Waals surface area contributed by atoms with E-state index in [4.69, 9.17) is 15.6 Å². The molecule has 3 aromatic rings. The molecule has 3 rings (SSSR count). The fourth-order valence-electron chi connectivity index (χ4n) is 2.81. The molecule has 0 amide bonds. The molecule has 2 heterocycles. The molecule has 0 radical (unpaired) electrons. The van der Waals surface area contributed by atoms with Gasteiger partial charge < -0.3 is 15.5 Å². The van der Waals surface area contributed by atoms with Gasteiger partial charge >= 0.3 is 0 Å². The Morgan fingerprint density at radius 1 is 1.11 bits per heavy atom. The Bertz CT molecular complexity index is 920. The molecule has 0 unspecified atom stereocenters. The van der Waals surface area contributed by atoms with Crippen molar-refractivity contribution in [3.8, 4) is 11.1 Å². The first-order valence-corrected chi connectivity index (χ1v) is 9.12. The number of carbonyl (C=O) groups is 1. The molecule has 0 aliphatic carbocycles. The second kappa shape index (κ2) is 9.45. The Balaban J connectivity index is 1.55. The van der Waals surface area contributed by atoms with E-state index in [0.29, 0.717) is 25.3 Å². The van der Waals surface area contributed by atoms with Gasteiger partial charge in [-0.1, -0.05) is 24.3 Å². The van der Waals surface area contributed by atoms with Crippen LogP contribution in [0.2, 0.25) is 0 Å². The first kappa shape index (κ1) is 19.3. The summed E-state index contributed by atoms with van der Waals surface area (Å²) in [7, 11) is 0. The number of amidine groups is 1. The number of ketones is 1. The van der Waals surface area contributed by atoms with E-state index < -0.39 is 0 Å². The quantitative estimate of drug-likeness (QED) is 0.369. The molecule has 2 aromatic heterocycles. The average molecular weight is 377 g/mol. The highest BCUT2D eigenvalue weighted by Crippen LogP contribution is 2.20. The molecule has 0 saturated heterocycles. The number of aromatic nitrogens is 2. The van der Waals surface area contributed by atoms with Gasteiger partial charge in [-0.3, -0.25) is 10.2 Å². The largest absolute Gasteiger partial charge is 0.469 e. The maximum Gasteiger partial charge on any atom is 0.222 e. The number of furan rings is 1. The van der Waals surface area contributed by atoms with Gasteiger partial charge in [0.2, 0.25) is 5.95 Å². The van der Waals surface area contributed by atoms with Gasteiger partial charge in [0.1, 0.15) is 11.5 Å². The monoisotopic (exact) mass is 377 g/mol. The van der Waals surface area contributed by atoms with Crippen LogP contribution >= 0.6 is 0 Å². The highest BCUT2D eigenvalue weighted by Gasteiger charge is 2.06. The number of rotatable bonds is 10. The number of carbonyl (C=O) groups excluding carboxylic acids is 1. The molecule has 1 aromatic carbocycles. The highest BCUT2D eigenvalue weighted by atomic mass is 16.3. The molecule has 0 spiro atoms. The number of hydrogen-bond donors (Lipinski definition) is 3. The molecule has 0 atom stereocenters. The normalized spacial score (nSPS) is 10.6. The standard InChI is InChI=1S/C21H23N5O2/c22-20(23)12-18(27)7-6-15-3-1-4-16(11-15)17-13-25-21(26-14-17)24-9-8-19-5-2-10-28-19/h1-5,10-11,13-14H,6-9,12H2,(H3,22,23)(H,24,25,26). The third kappa shape index (κ3) is 5.77. The SMILES string of the molecule is N=C(N)CC(=O)CCc1cccc(-c2cnc(NCCc3ccco3)nc2)c1. The van der Waals surface area contributed by atoms with Crippen molar-refractivity contribution in [2.75, 3.05) is 11.9 Å². The van der Waals surface area contributed by atoms with Crippen molar-refractivity contribution in [3.05, 3.63) is 66.4 Å². The predicted octanol–water partition coefficient (Wildman–Crippen LogP) is 3.22. The van der Waals surface area contributed by atoms with Crippen molar-refractivity contribution in [1.82, 2.24) is 9.97 Å². The zero-order valence-corrected chi connectivity index (χ0v) is 15.5. The van der Waals surface area contributed by atoms with Crippen LogP contribution < -0.4 is 11.1 Å². The molecule has 0 saturated carbocycles.